The number of hydrogen-bond acceptors (Lipinski definition) is 4. The summed E-state index contributed by atoms with van der Waals surface area (Å²) in [4.78, 5) is 0. The van der Waals surface area contributed by atoms with Gasteiger partial charge >= 0.3 is 0 Å². The molecule has 31 heavy (non-hydrogen) atoms. The Hall–Kier alpha value is -3.66. The minimum absolute atomic E-state index is 0.0581. The third-order valence-corrected chi connectivity index (χ3v) is 5.40. The quantitative estimate of drug-likeness (QED) is 0.435. The number of nitrogen functional groups attached to an aromatic ring is 2. The van der Waals surface area contributed by atoms with Crippen LogP contribution in [0, 0.1) is 0 Å². The van der Waals surface area contributed by atoms with Gasteiger partial charge in [0, 0.05) is 40.6 Å². The maximum absolute atomic E-state index is 6.02. The van der Waals surface area contributed by atoms with E-state index >= 15 is 0 Å². The first-order chi connectivity index (χ1) is 15.0. The monoisotopic (exact) mass is 414 g/mol. The lowest BCUT2D eigenvalue weighted by atomic mass is 9.82. The zero-order chi connectivity index (χ0) is 22.4. The summed E-state index contributed by atoms with van der Waals surface area (Å²) in [6.45, 7) is 6.45. The second-order valence-corrected chi connectivity index (χ2v) is 7.45. The Morgan fingerprint density at radius 1 is 0.903 bits per heavy atom. The van der Waals surface area contributed by atoms with Crippen molar-refractivity contribution in [3.05, 3.63) is 95.6 Å². The predicted molar refractivity (Wildman–Crippen MR) is 131 cm³/mol. The van der Waals surface area contributed by atoms with E-state index in [1.807, 2.05) is 61.5 Å². The van der Waals surface area contributed by atoms with Crippen molar-refractivity contribution in [2.45, 2.75) is 19.3 Å². The molecule has 0 radical (unpaired) electrons. The summed E-state index contributed by atoms with van der Waals surface area (Å²) in [7, 11) is 3.32. The summed E-state index contributed by atoms with van der Waals surface area (Å²) in [5.74, 6) is 1.41. The van der Waals surface area contributed by atoms with Gasteiger partial charge in [-0.2, -0.15) is 0 Å². The van der Waals surface area contributed by atoms with E-state index in [1.54, 1.807) is 14.2 Å². The highest BCUT2D eigenvalue weighted by Gasteiger charge is 2.24. The van der Waals surface area contributed by atoms with Crippen LogP contribution in [-0.4, -0.2) is 14.2 Å². The Labute approximate surface area is 184 Å². The normalized spacial score (nSPS) is 11.1. The van der Waals surface area contributed by atoms with Crippen LogP contribution in [0.5, 0.6) is 11.5 Å². The second kappa shape index (κ2) is 9.90. The summed E-state index contributed by atoms with van der Waals surface area (Å²) in [6.07, 6.45) is 4.81. The van der Waals surface area contributed by atoms with Crippen molar-refractivity contribution in [2.24, 2.45) is 0 Å². The molecule has 4 nitrogen and oxygen atoms in total. The molecule has 0 aliphatic carbocycles. The van der Waals surface area contributed by atoms with Crippen LogP contribution in [0.25, 0.3) is 11.6 Å². The van der Waals surface area contributed by atoms with Crippen molar-refractivity contribution in [1.29, 1.82) is 0 Å². The largest absolute Gasteiger partial charge is 0.496 e. The van der Waals surface area contributed by atoms with Gasteiger partial charge in [-0.3, -0.25) is 0 Å². The number of benzene rings is 3. The van der Waals surface area contributed by atoms with Crippen LogP contribution in [-0.2, 0) is 0 Å². The van der Waals surface area contributed by atoms with Crippen LogP contribution in [0.4, 0.5) is 11.4 Å². The van der Waals surface area contributed by atoms with Crippen LogP contribution >= 0.6 is 0 Å². The maximum atomic E-state index is 6.02. The minimum atomic E-state index is -0.0581. The number of hydrogen-bond donors (Lipinski definition) is 2. The van der Waals surface area contributed by atoms with E-state index in [4.69, 9.17) is 20.9 Å². The van der Waals surface area contributed by atoms with Crippen molar-refractivity contribution in [2.75, 3.05) is 25.7 Å². The molecular formula is C27H30N2O2. The predicted octanol–water partition coefficient (Wildman–Crippen LogP) is 6.14. The van der Waals surface area contributed by atoms with Gasteiger partial charge in [-0.25, -0.2) is 0 Å². The van der Waals surface area contributed by atoms with Crippen LogP contribution in [0.1, 0.15) is 41.5 Å². The van der Waals surface area contributed by atoms with Gasteiger partial charge in [0.2, 0.25) is 0 Å². The Morgan fingerprint density at radius 3 is 1.97 bits per heavy atom. The number of nitrogens with two attached hydrogens (primary N) is 2. The standard InChI is InChI=1S/C27H30N2O2/c1-5-8-19-9-6-7-10-22(19)18(2)15-25(23-13-11-20(28)16-26(23)30-3)24-14-12-21(29)17-27(24)31-4/h5-14,16-17,25H,2,15,28-29H2,1,3-4H3/b8-5-. The zero-order valence-electron chi connectivity index (χ0n) is 18.4. The molecule has 3 aromatic carbocycles. The number of methoxy groups -OCH3 is 2. The molecule has 0 spiro atoms. The molecular weight excluding hydrogens is 384 g/mol. The average Bonchev–Trinajstić information content (AvgIpc) is 2.78. The molecule has 4 heteroatoms. The topological polar surface area (TPSA) is 70.5 Å². The highest BCUT2D eigenvalue weighted by molar-refractivity contribution is 5.74. The third-order valence-electron chi connectivity index (χ3n) is 5.40. The molecule has 160 valence electrons. The van der Waals surface area contributed by atoms with E-state index in [9.17, 15) is 0 Å². The molecule has 0 aliphatic rings. The van der Waals surface area contributed by atoms with Crippen LogP contribution in [0.2, 0.25) is 0 Å². The number of ether oxygens (including phenoxy) is 2. The van der Waals surface area contributed by atoms with Gasteiger partial charge in [-0.1, -0.05) is 55.1 Å². The SMILES string of the molecule is C=C(CC(c1ccc(N)cc1OC)c1ccc(N)cc1OC)c1ccccc1/C=C\C. The molecule has 3 aromatic rings. The second-order valence-electron chi connectivity index (χ2n) is 7.45. The van der Waals surface area contributed by atoms with Gasteiger partial charge in [0.25, 0.3) is 0 Å². The number of rotatable bonds is 8. The lowest BCUT2D eigenvalue weighted by molar-refractivity contribution is 0.400. The molecule has 0 aliphatic heterocycles. The van der Waals surface area contributed by atoms with Crippen LogP contribution in [0.15, 0.2) is 73.3 Å². The van der Waals surface area contributed by atoms with E-state index in [0.29, 0.717) is 17.8 Å². The first kappa shape index (κ1) is 22.0. The summed E-state index contributed by atoms with van der Waals surface area (Å²) in [5.41, 5.74) is 18.7. The molecule has 0 saturated heterocycles. The fraction of sp³-hybridized carbons (Fsp3) is 0.185. The zero-order valence-corrected chi connectivity index (χ0v) is 18.4. The molecule has 0 fully saturated rings. The first-order valence-electron chi connectivity index (χ1n) is 10.2. The van der Waals surface area contributed by atoms with Crippen molar-refractivity contribution in [1.82, 2.24) is 0 Å². The van der Waals surface area contributed by atoms with E-state index < -0.39 is 0 Å². The highest BCUT2D eigenvalue weighted by atomic mass is 16.5. The summed E-state index contributed by atoms with van der Waals surface area (Å²) >= 11 is 0. The summed E-state index contributed by atoms with van der Waals surface area (Å²) in [5, 5.41) is 0. The van der Waals surface area contributed by atoms with Gasteiger partial charge in [0.15, 0.2) is 0 Å². The Bertz CT molecular complexity index is 1050. The maximum Gasteiger partial charge on any atom is 0.124 e. The molecule has 0 heterocycles. The van der Waals surface area contributed by atoms with Crippen molar-refractivity contribution < 1.29 is 9.47 Å². The molecule has 4 N–H and O–H groups in total. The van der Waals surface area contributed by atoms with Gasteiger partial charge in [0.1, 0.15) is 11.5 Å². The van der Waals surface area contributed by atoms with Crippen molar-refractivity contribution >= 4 is 23.0 Å². The molecule has 0 aromatic heterocycles. The Kier molecular flexibility index (Phi) is 7.03. The minimum Gasteiger partial charge on any atom is -0.496 e. The van der Waals surface area contributed by atoms with E-state index in [2.05, 4.69) is 24.8 Å². The molecule has 0 bridgehead atoms. The van der Waals surface area contributed by atoms with Gasteiger partial charge < -0.3 is 20.9 Å². The Morgan fingerprint density at radius 2 is 1.45 bits per heavy atom. The number of anilines is 2. The van der Waals surface area contributed by atoms with E-state index in [-0.39, 0.29) is 5.92 Å². The third kappa shape index (κ3) is 4.92. The molecule has 0 amide bonds. The van der Waals surface area contributed by atoms with E-state index in [1.165, 1.54) is 0 Å². The molecule has 0 atom stereocenters. The molecule has 3 rings (SSSR count). The lowest BCUT2D eigenvalue weighted by Crippen LogP contribution is -2.08. The van der Waals surface area contributed by atoms with E-state index in [0.717, 1.165) is 39.3 Å². The van der Waals surface area contributed by atoms with Crippen LogP contribution in [0.3, 0.4) is 0 Å². The van der Waals surface area contributed by atoms with Gasteiger partial charge in [-0.15, -0.1) is 0 Å². The molecule has 0 saturated carbocycles. The summed E-state index contributed by atoms with van der Waals surface area (Å²) in [6, 6.07) is 19.8. The van der Waals surface area contributed by atoms with Crippen LogP contribution < -0.4 is 20.9 Å². The lowest BCUT2D eigenvalue weighted by Gasteiger charge is -2.24. The van der Waals surface area contributed by atoms with Crippen molar-refractivity contribution in [3.63, 3.8) is 0 Å². The van der Waals surface area contributed by atoms with Crippen molar-refractivity contribution in [3.8, 4) is 11.5 Å². The Balaban J connectivity index is 2.13. The highest BCUT2D eigenvalue weighted by Crippen LogP contribution is 2.43. The fourth-order valence-electron chi connectivity index (χ4n) is 3.92. The summed E-state index contributed by atoms with van der Waals surface area (Å²) < 4.78 is 11.4. The smallest absolute Gasteiger partial charge is 0.124 e. The van der Waals surface area contributed by atoms with Gasteiger partial charge in [0.05, 0.1) is 14.2 Å². The fourth-order valence-corrected chi connectivity index (χ4v) is 3.92. The molecule has 0 unspecified atom stereocenters. The number of allylic oxidation sites excluding steroid dienone is 2. The van der Waals surface area contributed by atoms with Gasteiger partial charge in [-0.05, 0) is 42.2 Å². The average molecular weight is 415 g/mol. The first-order valence-corrected chi connectivity index (χ1v) is 10.2.